The summed E-state index contributed by atoms with van der Waals surface area (Å²) in [7, 11) is 1.74. The quantitative estimate of drug-likeness (QED) is 0.617. The molecule has 3 heteroatoms. The molecule has 0 radical (unpaired) electrons. The number of likely N-dealkylation sites (N-methyl/N-ethyl adjacent to an activating group) is 1. The second kappa shape index (κ2) is 7.53. The molecule has 2 N–H and O–H groups in total. The summed E-state index contributed by atoms with van der Waals surface area (Å²) in [5.74, 6) is 0. The number of methoxy groups -OCH3 is 1. The van der Waals surface area contributed by atoms with Crippen LogP contribution in [0.1, 0.15) is 20.3 Å². The summed E-state index contributed by atoms with van der Waals surface area (Å²) >= 11 is 0. The van der Waals surface area contributed by atoms with Gasteiger partial charge in [0.15, 0.2) is 0 Å². The van der Waals surface area contributed by atoms with Crippen molar-refractivity contribution in [1.29, 1.82) is 0 Å². The fourth-order valence-electron chi connectivity index (χ4n) is 1.32. The van der Waals surface area contributed by atoms with Crippen LogP contribution in [0.2, 0.25) is 0 Å². The molecule has 0 aromatic carbocycles. The Labute approximate surface area is 75.9 Å². The Hall–Kier alpha value is -0.120. The minimum absolute atomic E-state index is 0.579. The van der Waals surface area contributed by atoms with Crippen molar-refractivity contribution in [2.24, 2.45) is 5.73 Å². The summed E-state index contributed by atoms with van der Waals surface area (Å²) < 4.78 is 5.03. The van der Waals surface area contributed by atoms with Gasteiger partial charge in [0.05, 0.1) is 6.61 Å². The predicted molar refractivity (Wildman–Crippen MR) is 52.3 cm³/mol. The topological polar surface area (TPSA) is 38.5 Å². The Morgan fingerprint density at radius 2 is 2.17 bits per heavy atom. The standard InChI is InChI=1S/C9H22N2O/c1-4-11(7-8-12-3)9(2)5-6-10/h9H,4-8,10H2,1-3H3. The third-order valence-electron chi connectivity index (χ3n) is 2.20. The number of ether oxygens (including phenoxy) is 1. The number of rotatable bonds is 7. The van der Waals surface area contributed by atoms with Gasteiger partial charge in [-0.3, -0.25) is 4.90 Å². The smallest absolute Gasteiger partial charge is 0.0589 e. The van der Waals surface area contributed by atoms with Crippen molar-refractivity contribution < 1.29 is 4.74 Å². The maximum Gasteiger partial charge on any atom is 0.0589 e. The molecule has 0 aromatic heterocycles. The van der Waals surface area contributed by atoms with Gasteiger partial charge in [-0.05, 0) is 26.4 Å². The first-order valence-corrected chi connectivity index (χ1v) is 4.69. The molecule has 3 nitrogen and oxygen atoms in total. The molecule has 0 bridgehead atoms. The summed E-state index contributed by atoms with van der Waals surface area (Å²) in [6.45, 7) is 8.04. The van der Waals surface area contributed by atoms with Gasteiger partial charge < -0.3 is 10.5 Å². The lowest BCUT2D eigenvalue weighted by molar-refractivity contribution is 0.126. The van der Waals surface area contributed by atoms with Crippen LogP contribution in [0, 0.1) is 0 Å². The first-order chi connectivity index (χ1) is 5.76. The van der Waals surface area contributed by atoms with Crippen molar-refractivity contribution in [3.63, 3.8) is 0 Å². The van der Waals surface area contributed by atoms with Gasteiger partial charge in [-0.25, -0.2) is 0 Å². The summed E-state index contributed by atoms with van der Waals surface area (Å²) in [5, 5.41) is 0. The van der Waals surface area contributed by atoms with Crippen molar-refractivity contribution in [3.05, 3.63) is 0 Å². The van der Waals surface area contributed by atoms with Crippen molar-refractivity contribution in [2.75, 3.05) is 33.4 Å². The van der Waals surface area contributed by atoms with E-state index in [9.17, 15) is 0 Å². The molecule has 1 atom stereocenters. The largest absolute Gasteiger partial charge is 0.383 e. The van der Waals surface area contributed by atoms with E-state index in [2.05, 4.69) is 18.7 Å². The predicted octanol–water partition coefficient (Wildman–Crippen LogP) is 0.692. The Bertz CT molecular complexity index is 98.5. The van der Waals surface area contributed by atoms with Gasteiger partial charge in [0.25, 0.3) is 0 Å². The zero-order chi connectivity index (χ0) is 9.40. The van der Waals surface area contributed by atoms with Gasteiger partial charge in [0.1, 0.15) is 0 Å². The summed E-state index contributed by atoms with van der Waals surface area (Å²) in [6, 6.07) is 0.579. The second-order valence-electron chi connectivity index (χ2n) is 3.05. The van der Waals surface area contributed by atoms with E-state index in [-0.39, 0.29) is 0 Å². The third kappa shape index (κ3) is 4.70. The van der Waals surface area contributed by atoms with E-state index in [1.165, 1.54) is 0 Å². The molecule has 0 rings (SSSR count). The number of hydrogen-bond donors (Lipinski definition) is 1. The van der Waals surface area contributed by atoms with Crippen molar-refractivity contribution in [2.45, 2.75) is 26.3 Å². The lowest BCUT2D eigenvalue weighted by Gasteiger charge is -2.26. The van der Waals surface area contributed by atoms with Crippen LogP contribution in [0.15, 0.2) is 0 Å². The van der Waals surface area contributed by atoms with Crippen LogP contribution in [-0.4, -0.2) is 44.3 Å². The lowest BCUT2D eigenvalue weighted by Crippen LogP contribution is -2.36. The first-order valence-electron chi connectivity index (χ1n) is 4.69. The van der Waals surface area contributed by atoms with Crippen LogP contribution in [0.5, 0.6) is 0 Å². The van der Waals surface area contributed by atoms with Crippen molar-refractivity contribution in [1.82, 2.24) is 4.90 Å². The molecule has 0 heterocycles. The third-order valence-corrected chi connectivity index (χ3v) is 2.20. The van der Waals surface area contributed by atoms with Gasteiger partial charge >= 0.3 is 0 Å². The van der Waals surface area contributed by atoms with E-state index in [0.29, 0.717) is 6.04 Å². The Balaban J connectivity index is 3.62. The molecule has 0 saturated heterocycles. The van der Waals surface area contributed by atoms with Crippen LogP contribution in [0.25, 0.3) is 0 Å². The zero-order valence-electron chi connectivity index (χ0n) is 8.55. The fraction of sp³-hybridized carbons (Fsp3) is 1.00. The van der Waals surface area contributed by atoms with Crippen molar-refractivity contribution in [3.8, 4) is 0 Å². The van der Waals surface area contributed by atoms with E-state index >= 15 is 0 Å². The summed E-state index contributed by atoms with van der Waals surface area (Å²) in [6.07, 6.45) is 1.07. The van der Waals surface area contributed by atoms with E-state index < -0.39 is 0 Å². The minimum atomic E-state index is 0.579. The SMILES string of the molecule is CCN(CCOC)C(C)CCN. The van der Waals surface area contributed by atoms with Gasteiger partial charge in [-0.15, -0.1) is 0 Å². The Morgan fingerprint density at radius 3 is 2.58 bits per heavy atom. The molecule has 0 fully saturated rings. The zero-order valence-corrected chi connectivity index (χ0v) is 8.55. The highest BCUT2D eigenvalue weighted by atomic mass is 16.5. The molecular formula is C9H22N2O. The van der Waals surface area contributed by atoms with E-state index in [4.69, 9.17) is 10.5 Å². The maximum atomic E-state index is 5.49. The van der Waals surface area contributed by atoms with Gasteiger partial charge in [0.2, 0.25) is 0 Å². The number of nitrogens with zero attached hydrogens (tertiary/aromatic N) is 1. The maximum absolute atomic E-state index is 5.49. The van der Waals surface area contributed by atoms with Crippen LogP contribution in [-0.2, 0) is 4.74 Å². The van der Waals surface area contributed by atoms with Gasteiger partial charge in [0, 0.05) is 19.7 Å². The van der Waals surface area contributed by atoms with Gasteiger partial charge in [-0.1, -0.05) is 6.92 Å². The molecule has 0 aliphatic heterocycles. The normalized spacial score (nSPS) is 13.8. The molecule has 0 amide bonds. The van der Waals surface area contributed by atoms with E-state index in [1.807, 2.05) is 0 Å². The summed E-state index contributed by atoms with van der Waals surface area (Å²) in [4.78, 5) is 2.39. The molecule has 0 aromatic rings. The van der Waals surface area contributed by atoms with Crippen LogP contribution >= 0.6 is 0 Å². The van der Waals surface area contributed by atoms with Crippen LogP contribution in [0.4, 0.5) is 0 Å². The monoisotopic (exact) mass is 174 g/mol. The molecule has 0 saturated carbocycles. The van der Waals surface area contributed by atoms with Crippen LogP contribution in [0.3, 0.4) is 0 Å². The molecule has 74 valence electrons. The highest BCUT2D eigenvalue weighted by molar-refractivity contribution is 4.65. The molecule has 0 aliphatic carbocycles. The average molecular weight is 174 g/mol. The summed E-state index contributed by atoms with van der Waals surface area (Å²) in [5.41, 5.74) is 5.49. The first kappa shape index (κ1) is 11.9. The average Bonchev–Trinajstić information content (AvgIpc) is 2.06. The minimum Gasteiger partial charge on any atom is -0.383 e. The fourth-order valence-corrected chi connectivity index (χ4v) is 1.32. The molecule has 1 unspecified atom stereocenters. The highest BCUT2D eigenvalue weighted by Gasteiger charge is 2.09. The number of hydrogen-bond acceptors (Lipinski definition) is 3. The van der Waals surface area contributed by atoms with E-state index in [0.717, 1.165) is 32.7 Å². The molecular weight excluding hydrogens is 152 g/mol. The number of nitrogens with two attached hydrogens (primary N) is 1. The molecule has 12 heavy (non-hydrogen) atoms. The Kier molecular flexibility index (Phi) is 7.45. The second-order valence-corrected chi connectivity index (χ2v) is 3.05. The lowest BCUT2D eigenvalue weighted by atomic mass is 10.2. The molecule has 0 spiro atoms. The highest BCUT2D eigenvalue weighted by Crippen LogP contribution is 2.01. The molecule has 0 aliphatic rings. The van der Waals surface area contributed by atoms with Crippen molar-refractivity contribution >= 4 is 0 Å². The van der Waals surface area contributed by atoms with E-state index in [1.54, 1.807) is 7.11 Å². The van der Waals surface area contributed by atoms with Gasteiger partial charge in [-0.2, -0.15) is 0 Å². The van der Waals surface area contributed by atoms with Crippen LogP contribution < -0.4 is 5.73 Å². The Morgan fingerprint density at radius 1 is 1.50 bits per heavy atom.